The Kier molecular flexibility index (Phi) is 8.63. The van der Waals surface area contributed by atoms with Crippen LogP contribution in [0.15, 0.2) is 66.7 Å². The van der Waals surface area contributed by atoms with Gasteiger partial charge in [-0.25, -0.2) is 4.68 Å². The van der Waals surface area contributed by atoms with Gasteiger partial charge in [-0.3, -0.25) is 9.59 Å². The molecule has 34 heavy (non-hydrogen) atoms. The fourth-order valence-electron chi connectivity index (χ4n) is 3.68. The summed E-state index contributed by atoms with van der Waals surface area (Å²) in [5, 5.41) is 7.77. The summed E-state index contributed by atoms with van der Waals surface area (Å²) in [4.78, 5) is 27.8. The van der Waals surface area contributed by atoms with Crippen molar-refractivity contribution < 1.29 is 9.59 Å². The lowest BCUT2D eigenvalue weighted by molar-refractivity contribution is -0.135. The number of aromatic nitrogens is 2. The smallest absolute Gasteiger partial charge is 0.245 e. The van der Waals surface area contributed by atoms with Gasteiger partial charge in [-0.2, -0.15) is 5.10 Å². The highest BCUT2D eigenvalue weighted by Gasteiger charge is 2.23. The maximum Gasteiger partial charge on any atom is 0.245 e. The number of hydrogen-bond donors (Lipinski definition) is 1. The van der Waals surface area contributed by atoms with Crippen LogP contribution in [-0.2, 0) is 21.5 Å². The number of benzene rings is 2. The van der Waals surface area contributed by atoms with Gasteiger partial charge in [-0.05, 0) is 24.1 Å². The van der Waals surface area contributed by atoms with Gasteiger partial charge < -0.3 is 10.2 Å². The third-order valence-corrected chi connectivity index (χ3v) is 5.64. The molecule has 0 bridgehead atoms. The molecule has 0 atom stereocenters. The monoisotopic (exact) mass is 460 g/mol. The zero-order valence-corrected chi connectivity index (χ0v) is 20.8. The number of nitrogens with one attached hydrogen (secondary N) is 1. The maximum atomic E-state index is 13.1. The lowest BCUT2D eigenvalue weighted by atomic mass is 9.92. The quantitative estimate of drug-likeness (QED) is 0.394. The SMILES string of the molecule is CCCCCC(=O)N(CC(=O)Nc1cc(C(C)(C)C)nn1-c1ccccc1)Cc1ccccc1. The molecule has 0 spiro atoms. The van der Waals surface area contributed by atoms with E-state index < -0.39 is 0 Å². The minimum atomic E-state index is -0.239. The summed E-state index contributed by atoms with van der Waals surface area (Å²) >= 11 is 0. The van der Waals surface area contributed by atoms with Gasteiger partial charge in [0.1, 0.15) is 12.4 Å². The normalized spacial score (nSPS) is 11.3. The second-order valence-corrected chi connectivity index (χ2v) is 9.65. The van der Waals surface area contributed by atoms with Crippen LogP contribution in [0.25, 0.3) is 5.69 Å². The molecule has 180 valence electrons. The second kappa shape index (κ2) is 11.6. The number of para-hydroxylation sites is 1. The molecular formula is C28H36N4O2. The summed E-state index contributed by atoms with van der Waals surface area (Å²) in [5.74, 6) is 0.357. The Morgan fingerprint density at radius 2 is 1.62 bits per heavy atom. The molecular weight excluding hydrogens is 424 g/mol. The Hall–Kier alpha value is -3.41. The number of hydrogen-bond acceptors (Lipinski definition) is 3. The summed E-state index contributed by atoms with van der Waals surface area (Å²) in [5.41, 5.74) is 2.57. The van der Waals surface area contributed by atoms with Gasteiger partial charge in [0.15, 0.2) is 0 Å². The Morgan fingerprint density at radius 1 is 0.971 bits per heavy atom. The van der Waals surface area contributed by atoms with Crippen molar-refractivity contribution in [2.75, 3.05) is 11.9 Å². The molecule has 1 N–H and O–H groups in total. The summed E-state index contributed by atoms with van der Waals surface area (Å²) in [6, 6.07) is 21.4. The molecule has 3 aromatic rings. The first-order chi connectivity index (χ1) is 16.3. The minimum absolute atomic E-state index is 0.000555. The van der Waals surface area contributed by atoms with Gasteiger partial charge in [0, 0.05) is 24.4 Å². The van der Waals surface area contributed by atoms with Crippen molar-refractivity contribution in [3.8, 4) is 5.69 Å². The van der Waals surface area contributed by atoms with Crippen molar-refractivity contribution in [2.45, 2.75) is 65.3 Å². The molecule has 0 radical (unpaired) electrons. The number of anilines is 1. The van der Waals surface area contributed by atoms with Crippen LogP contribution >= 0.6 is 0 Å². The molecule has 0 saturated heterocycles. The Balaban J connectivity index is 1.80. The van der Waals surface area contributed by atoms with Crippen molar-refractivity contribution >= 4 is 17.6 Å². The van der Waals surface area contributed by atoms with E-state index >= 15 is 0 Å². The molecule has 3 rings (SSSR count). The van der Waals surface area contributed by atoms with E-state index in [0.717, 1.165) is 36.2 Å². The highest BCUT2D eigenvalue weighted by Crippen LogP contribution is 2.26. The average molecular weight is 461 g/mol. The topological polar surface area (TPSA) is 67.2 Å². The van der Waals surface area contributed by atoms with E-state index in [-0.39, 0.29) is 23.8 Å². The van der Waals surface area contributed by atoms with Crippen molar-refractivity contribution in [2.24, 2.45) is 0 Å². The van der Waals surface area contributed by atoms with E-state index in [1.54, 1.807) is 9.58 Å². The summed E-state index contributed by atoms with van der Waals surface area (Å²) in [7, 11) is 0. The molecule has 0 fully saturated rings. The van der Waals surface area contributed by atoms with Crippen LogP contribution in [0.5, 0.6) is 0 Å². The predicted octanol–water partition coefficient (Wildman–Crippen LogP) is 5.72. The Morgan fingerprint density at radius 3 is 2.24 bits per heavy atom. The Labute approximate surface area is 203 Å². The van der Waals surface area contributed by atoms with E-state index in [1.165, 1.54) is 0 Å². The van der Waals surface area contributed by atoms with Crippen LogP contribution in [0.1, 0.15) is 64.6 Å². The molecule has 0 aliphatic heterocycles. The van der Waals surface area contributed by atoms with Crippen molar-refractivity contribution in [1.82, 2.24) is 14.7 Å². The summed E-state index contributed by atoms with van der Waals surface area (Å²) < 4.78 is 1.75. The van der Waals surface area contributed by atoms with E-state index in [2.05, 4.69) is 33.0 Å². The van der Waals surface area contributed by atoms with E-state index in [9.17, 15) is 9.59 Å². The molecule has 6 nitrogen and oxygen atoms in total. The van der Waals surface area contributed by atoms with Gasteiger partial charge in [0.05, 0.1) is 11.4 Å². The largest absolute Gasteiger partial charge is 0.329 e. The molecule has 0 saturated carbocycles. The van der Waals surface area contributed by atoms with Crippen molar-refractivity contribution in [3.63, 3.8) is 0 Å². The molecule has 1 aromatic heterocycles. The number of unbranched alkanes of at least 4 members (excludes halogenated alkanes) is 2. The predicted molar refractivity (Wildman–Crippen MR) is 137 cm³/mol. The first kappa shape index (κ1) is 25.2. The number of rotatable bonds is 10. The van der Waals surface area contributed by atoms with Crippen LogP contribution in [0, 0.1) is 0 Å². The molecule has 1 heterocycles. The van der Waals surface area contributed by atoms with Gasteiger partial charge in [0.25, 0.3) is 0 Å². The van der Waals surface area contributed by atoms with Crippen LogP contribution < -0.4 is 5.32 Å². The minimum Gasteiger partial charge on any atom is -0.329 e. The molecule has 0 aliphatic carbocycles. The highest BCUT2D eigenvalue weighted by atomic mass is 16.2. The van der Waals surface area contributed by atoms with Crippen LogP contribution in [-0.4, -0.2) is 33.0 Å². The van der Waals surface area contributed by atoms with E-state index in [4.69, 9.17) is 5.10 Å². The third kappa shape index (κ3) is 7.04. The molecule has 0 aliphatic rings. The maximum absolute atomic E-state index is 13.1. The van der Waals surface area contributed by atoms with Crippen molar-refractivity contribution in [3.05, 3.63) is 78.0 Å². The van der Waals surface area contributed by atoms with Gasteiger partial charge >= 0.3 is 0 Å². The number of nitrogens with zero attached hydrogens (tertiary/aromatic N) is 3. The second-order valence-electron chi connectivity index (χ2n) is 9.65. The highest BCUT2D eigenvalue weighted by molar-refractivity contribution is 5.94. The molecule has 2 amide bonds. The number of amides is 2. The number of carbonyl (C=O) groups excluding carboxylic acids is 2. The first-order valence-electron chi connectivity index (χ1n) is 12.1. The van der Waals surface area contributed by atoms with Crippen LogP contribution in [0.3, 0.4) is 0 Å². The van der Waals surface area contributed by atoms with Crippen molar-refractivity contribution in [1.29, 1.82) is 0 Å². The zero-order valence-electron chi connectivity index (χ0n) is 20.8. The standard InChI is InChI=1S/C28H36N4O2/c1-5-6-9-18-27(34)31(20-22-14-10-7-11-15-22)21-26(33)29-25-19-24(28(2,3)4)30-32(25)23-16-12-8-13-17-23/h7-8,10-17,19H,5-6,9,18,20-21H2,1-4H3,(H,29,33). The first-order valence-corrected chi connectivity index (χ1v) is 12.1. The zero-order chi connectivity index (χ0) is 24.6. The van der Waals surface area contributed by atoms with Crippen LogP contribution in [0.2, 0.25) is 0 Å². The van der Waals surface area contributed by atoms with Gasteiger partial charge in [0.2, 0.25) is 11.8 Å². The Bertz CT molecular complexity index is 1070. The lowest BCUT2D eigenvalue weighted by Gasteiger charge is -2.22. The molecule has 0 unspecified atom stereocenters. The molecule has 2 aromatic carbocycles. The van der Waals surface area contributed by atoms with Crippen LogP contribution in [0.4, 0.5) is 5.82 Å². The lowest BCUT2D eigenvalue weighted by Crippen LogP contribution is -2.37. The van der Waals surface area contributed by atoms with Gasteiger partial charge in [-0.15, -0.1) is 0 Å². The van der Waals surface area contributed by atoms with E-state index in [0.29, 0.717) is 18.8 Å². The fraction of sp³-hybridized carbons (Fsp3) is 0.393. The average Bonchev–Trinajstić information content (AvgIpc) is 3.24. The molecule has 6 heteroatoms. The summed E-state index contributed by atoms with van der Waals surface area (Å²) in [6.45, 7) is 8.78. The fourth-order valence-corrected chi connectivity index (χ4v) is 3.68. The van der Waals surface area contributed by atoms with Gasteiger partial charge in [-0.1, -0.05) is 89.1 Å². The van der Waals surface area contributed by atoms with E-state index in [1.807, 2.05) is 66.7 Å². The third-order valence-electron chi connectivity index (χ3n) is 5.64. The number of carbonyl (C=O) groups is 2. The summed E-state index contributed by atoms with van der Waals surface area (Å²) in [6.07, 6.45) is 3.33.